The van der Waals surface area contributed by atoms with Crippen molar-refractivity contribution in [2.75, 3.05) is 25.4 Å². The number of carbonyl (C=O) groups excluding carboxylic acids is 1. The molecule has 1 amide bonds. The molecule has 1 saturated heterocycles. The van der Waals surface area contributed by atoms with E-state index in [9.17, 15) is 4.79 Å². The lowest BCUT2D eigenvalue weighted by molar-refractivity contribution is 0.0903. The second kappa shape index (κ2) is 8.17. The molecular formula is C15H22N2O2S. The van der Waals surface area contributed by atoms with Crippen LogP contribution in [0.2, 0.25) is 0 Å². The van der Waals surface area contributed by atoms with Crippen LogP contribution in [0.5, 0.6) is 0 Å². The molecule has 1 aliphatic heterocycles. The van der Waals surface area contributed by atoms with Gasteiger partial charge < -0.3 is 15.4 Å². The molecule has 1 aromatic rings. The fourth-order valence-corrected chi connectivity index (χ4v) is 3.37. The van der Waals surface area contributed by atoms with Gasteiger partial charge in [0.1, 0.15) is 6.61 Å². The maximum atomic E-state index is 12.1. The Labute approximate surface area is 124 Å². The number of hydrogen-bond donors (Lipinski definition) is 1. The topological polar surface area (TPSA) is 55.6 Å². The number of rotatable bonds is 5. The van der Waals surface area contributed by atoms with E-state index in [1.54, 1.807) is 0 Å². The average molecular weight is 294 g/mol. The molecule has 0 aromatic heterocycles. The van der Waals surface area contributed by atoms with Crippen LogP contribution in [-0.4, -0.2) is 41.6 Å². The highest BCUT2D eigenvalue weighted by molar-refractivity contribution is 7.99. The van der Waals surface area contributed by atoms with E-state index in [0.29, 0.717) is 18.4 Å². The number of hydrogen-bond acceptors (Lipinski definition) is 4. The number of likely N-dealkylation sites (tertiary alicyclic amines) is 1. The normalized spacial score (nSPS) is 18.9. The molecule has 2 rings (SSSR count). The van der Waals surface area contributed by atoms with Crippen LogP contribution in [0.1, 0.15) is 18.4 Å². The lowest BCUT2D eigenvalue weighted by atomic mass is 10.1. The van der Waals surface area contributed by atoms with Gasteiger partial charge in [0.15, 0.2) is 0 Å². The van der Waals surface area contributed by atoms with Crippen LogP contribution >= 0.6 is 11.8 Å². The van der Waals surface area contributed by atoms with Crippen LogP contribution in [0.15, 0.2) is 30.3 Å². The molecule has 110 valence electrons. The lowest BCUT2D eigenvalue weighted by Gasteiger charge is -2.31. The van der Waals surface area contributed by atoms with E-state index in [4.69, 9.17) is 10.5 Å². The average Bonchev–Trinajstić information content (AvgIpc) is 2.52. The summed E-state index contributed by atoms with van der Waals surface area (Å²) in [5.41, 5.74) is 6.55. The number of nitrogens with zero attached hydrogens (tertiary/aromatic N) is 1. The van der Waals surface area contributed by atoms with Crippen LogP contribution < -0.4 is 5.73 Å². The first-order valence-corrected chi connectivity index (χ1v) is 8.12. The van der Waals surface area contributed by atoms with Gasteiger partial charge in [0.2, 0.25) is 0 Å². The van der Waals surface area contributed by atoms with E-state index >= 15 is 0 Å². The highest BCUT2D eigenvalue weighted by atomic mass is 32.2. The molecule has 20 heavy (non-hydrogen) atoms. The van der Waals surface area contributed by atoms with E-state index in [-0.39, 0.29) is 6.09 Å². The van der Waals surface area contributed by atoms with Crippen LogP contribution in [0.3, 0.4) is 0 Å². The van der Waals surface area contributed by atoms with E-state index < -0.39 is 0 Å². The molecule has 4 nitrogen and oxygen atoms in total. The largest absolute Gasteiger partial charge is 0.445 e. The van der Waals surface area contributed by atoms with E-state index in [1.807, 2.05) is 47.0 Å². The predicted octanol–water partition coefficient (Wildman–Crippen LogP) is 2.48. The van der Waals surface area contributed by atoms with Crippen molar-refractivity contribution in [2.24, 2.45) is 5.73 Å². The molecule has 1 aliphatic rings. The zero-order chi connectivity index (χ0) is 14.2. The van der Waals surface area contributed by atoms with Gasteiger partial charge in [-0.15, -0.1) is 0 Å². The first-order valence-electron chi connectivity index (χ1n) is 7.07. The smallest absolute Gasteiger partial charge is 0.410 e. The summed E-state index contributed by atoms with van der Waals surface area (Å²) in [5.74, 6) is 0.956. The number of benzene rings is 1. The second-order valence-electron chi connectivity index (χ2n) is 4.91. The monoisotopic (exact) mass is 294 g/mol. The maximum absolute atomic E-state index is 12.1. The number of carbonyl (C=O) groups is 1. The summed E-state index contributed by atoms with van der Waals surface area (Å²) in [6.07, 6.45) is 2.00. The molecule has 0 unspecified atom stereocenters. The summed E-state index contributed by atoms with van der Waals surface area (Å²) < 4.78 is 5.37. The summed E-state index contributed by atoms with van der Waals surface area (Å²) in [5, 5.41) is 0.497. The van der Waals surface area contributed by atoms with Crippen molar-refractivity contribution in [1.29, 1.82) is 0 Å². The fourth-order valence-electron chi connectivity index (χ4n) is 2.29. The number of piperidine rings is 1. The molecule has 0 radical (unpaired) electrons. The molecule has 0 spiro atoms. The van der Waals surface area contributed by atoms with Gasteiger partial charge in [-0.1, -0.05) is 30.3 Å². The third kappa shape index (κ3) is 4.72. The fraction of sp³-hybridized carbons (Fsp3) is 0.533. The second-order valence-corrected chi connectivity index (χ2v) is 6.32. The maximum Gasteiger partial charge on any atom is 0.410 e. The molecule has 1 heterocycles. The van der Waals surface area contributed by atoms with Crippen LogP contribution in [0, 0.1) is 0 Å². The van der Waals surface area contributed by atoms with Crippen molar-refractivity contribution >= 4 is 17.9 Å². The molecule has 0 saturated carbocycles. The Balaban J connectivity index is 1.77. The molecule has 1 atom stereocenters. The Hall–Kier alpha value is -1.20. The molecule has 1 fully saturated rings. The summed E-state index contributed by atoms with van der Waals surface area (Å²) in [6, 6.07) is 9.77. The summed E-state index contributed by atoms with van der Waals surface area (Å²) in [7, 11) is 0. The van der Waals surface area contributed by atoms with Crippen molar-refractivity contribution in [3.8, 4) is 0 Å². The number of amides is 1. The van der Waals surface area contributed by atoms with Crippen molar-refractivity contribution in [3.63, 3.8) is 0 Å². The van der Waals surface area contributed by atoms with Gasteiger partial charge >= 0.3 is 6.09 Å². The summed E-state index contributed by atoms with van der Waals surface area (Å²) in [6.45, 7) is 2.61. The van der Waals surface area contributed by atoms with Gasteiger partial charge in [-0.25, -0.2) is 4.79 Å². The van der Waals surface area contributed by atoms with E-state index in [1.165, 1.54) is 0 Å². The third-order valence-electron chi connectivity index (χ3n) is 3.31. The zero-order valence-electron chi connectivity index (χ0n) is 11.7. The minimum atomic E-state index is -0.202. The van der Waals surface area contributed by atoms with Crippen LogP contribution in [0.4, 0.5) is 4.79 Å². The van der Waals surface area contributed by atoms with Gasteiger partial charge in [0.25, 0.3) is 0 Å². The van der Waals surface area contributed by atoms with Crippen LogP contribution in [0.25, 0.3) is 0 Å². The van der Waals surface area contributed by atoms with Gasteiger partial charge in [-0.05, 0) is 18.4 Å². The van der Waals surface area contributed by atoms with Gasteiger partial charge in [-0.3, -0.25) is 0 Å². The van der Waals surface area contributed by atoms with Gasteiger partial charge in [-0.2, -0.15) is 11.8 Å². The summed E-state index contributed by atoms with van der Waals surface area (Å²) in [4.78, 5) is 13.9. The standard InChI is InChI=1S/C15H22N2O2S/c16-8-10-20-14-7-4-9-17(11-14)15(18)19-12-13-5-2-1-3-6-13/h1-3,5-6,14H,4,7-12,16H2/t14-/m0/s1. The van der Waals surface area contributed by atoms with Crippen molar-refractivity contribution < 1.29 is 9.53 Å². The van der Waals surface area contributed by atoms with E-state index in [2.05, 4.69) is 0 Å². The molecule has 0 bridgehead atoms. The molecule has 1 aromatic carbocycles. The Morgan fingerprint density at radius 1 is 1.40 bits per heavy atom. The Morgan fingerprint density at radius 2 is 2.20 bits per heavy atom. The first-order chi connectivity index (χ1) is 9.79. The highest BCUT2D eigenvalue weighted by Gasteiger charge is 2.24. The number of thioether (sulfide) groups is 1. The molecular weight excluding hydrogens is 272 g/mol. The van der Waals surface area contributed by atoms with Gasteiger partial charge in [0, 0.05) is 30.6 Å². The predicted molar refractivity (Wildman–Crippen MR) is 82.7 cm³/mol. The lowest BCUT2D eigenvalue weighted by Crippen LogP contribution is -2.41. The molecule has 0 aliphatic carbocycles. The Kier molecular flexibility index (Phi) is 6.21. The molecule has 5 heteroatoms. The quantitative estimate of drug-likeness (QED) is 0.906. The van der Waals surface area contributed by atoms with Crippen molar-refractivity contribution in [2.45, 2.75) is 24.7 Å². The Bertz CT molecular complexity index is 414. The Morgan fingerprint density at radius 3 is 2.95 bits per heavy atom. The van der Waals surface area contributed by atoms with Crippen molar-refractivity contribution in [1.82, 2.24) is 4.90 Å². The van der Waals surface area contributed by atoms with Crippen molar-refractivity contribution in [3.05, 3.63) is 35.9 Å². The number of nitrogens with two attached hydrogens (primary N) is 1. The van der Waals surface area contributed by atoms with Gasteiger partial charge in [0.05, 0.1) is 0 Å². The third-order valence-corrected chi connectivity index (χ3v) is 4.64. The van der Waals surface area contributed by atoms with Crippen LogP contribution in [-0.2, 0) is 11.3 Å². The van der Waals surface area contributed by atoms with E-state index in [0.717, 1.165) is 37.2 Å². The molecule has 2 N–H and O–H groups in total. The first kappa shape index (κ1) is 15.2. The highest BCUT2D eigenvalue weighted by Crippen LogP contribution is 2.22. The number of ether oxygens (including phenoxy) is 1. The summed E-state index contributed by atoms with van der Waals surface area (Å²) >= 11 is 1.86. The minimum absolute atomic E-state index is 0.202. The zero-order valence-corrected chi connectivity index (χ0v) is 12.5. The minimum Gasteiger partial charge on any atom is -0.445 e. The SMILES string of the molecule is NCCS[C@H]1CCCN(C(=O)OCc2ccccc2)C1.